The van der Waals surface area contributed by atoms with Gasteiger partial charge in [0.25, 0.3) is 11.8 Å². The van der Waals surface area contributed by atoms with Crippen LogP contribution in [0.4, 0.5) is 0 Å². The van der Waals surface area contributed by atoms with Crippen LogP contribution in [-0.2, 0) is 9.59 Å². The van der Waals surface area contributed by atoms with E-state index in [4.69, 9.17) is 0 Å². The van der Waals surface area contributed by atoms with Gasteiger partial charge in [0.15, 0.2) is 0 Å². The minimum absolute atomic E-state index is 0.122. The standard InChI is InChI=1S/C38H32N2O2/c1-3-39-35(31-23-19-29(20-24-31)17-15-27-11-7-5-8-12-27)33-34(37(39)41)36(40(4-2)38(33)42)32-25-21-30(22-26-32)18-16-28-13-9-6-10-14-28/h5-26H,3-4H2,1-2H3/b17-15+,18-16+. The summed E-state index contributed by atoms with van der Waals surface area (Å²) in [6.45, 7) is 4.86. The van der Waals surface area contributed by atoms with Gasteiger partial charge in [-0.1, -0.05) is 133 Å². The monoisotopic (exact) mass is 548 g/mol. The summed E-state index contributed by atoms with van der Waals surface area (Å²) in [5, 5.41) is 0. The van der Waals surface area contributed by atoms with E-state index in [0.29, 0.717) is 35.6 Å². The predicted molar refractivity (Wildman–Crippen MR) is 172 cm³/mol. The lowest BCUT2D eigenvalue weighted by Gasteiger charge is -2.23. The van der Waals surface area contributed by atoms with Gasteiger partial charge in [0.1, 0.15) is 0 Å². The average Bonchev–Trinajstić information content (AvgIpc) is 3.50. The Morgan fingerprint density at radius 3 is 1.07 bits per heavy atom. The number of carbonyl (C=O) groups excluding carboxylic acids is 2. The molecule has 0 radical (unpaired) electrons. The maximum Gasteiger partial charge on any atom is 0.261 e. The van der Waals surface area contributed by atoms with Crippen molar-refractivity contribution in [1.29, 1.82) is 0 Å². The molecular formula is C38H32N2O2. The summed E-state index contributed by atoms with van der Waals surface area (Å²) in [4.78, 5) is 31.2. The SMILES string of the molecule is CCN1C(=O)C2=C(c3ccc(/C=C/c4ccccc4)cc3)N(CC)C(=O)C2=C1c1ccc(/C=C/c2ccccc2)cc1. The van der Waals surface area contributed by atoms with E-state index in [1.54, 1.807) is 9.80 Å². The number of rotatable bonds is 8. The van der Waals surface area contributed by atoms with Crippen molar-refractivity contribution in [3.05, 3.63) is 154 Å². The zero-order valence-corrected chi connectivity index (χ0v) is 23.8. The van der Waals surface area contributed by atoms with Crippen LogP contribution >= 0.6 is 0 Å². The second-order valence-electron chi connectivity index (χ2n) is 10.3. The fourth-order valence-electron chi connectivity index (χ4n) is 5.62. The highest BCUT2D eigenvalue weighted by atomic mass is 16.2. The highest BCUT2D eigenvalue weighted by molar-refractivity contribution is 6.30. The molecule has 0 unspecified atom stereocenters. The molecule has 42 heavy (non-hydrogen) atoms. The van der Waals surface area contributed by atoms with E-state index < -0.39 is 0 Å². The molecule has 0 N–H and O–H groups in total. The molecule has 0 bridgehead atoms. The molecule has 4 aromatic carbocycles. The zero-order valence-electron chi connectivity index (χ0n) is 23.8. The van der Waals surface area contributed by atoms with E-state index in [1.807, 2.05) is 98.8 Å². The fourth-order valence-corrected chi connectivity index (χ4v) is 5.62. The molecule has 2 heterocycles. The normalized spacial score (nSPS) is 15.2. The predicted octanol–water partition coefficient (Wildman–Crippen LogP) is 7.87. The van der Waals surface area contributed by atoms with Gasteiger partial charge in [0, 0.05) is 13.1 Å². The van der Waals surface area contributed by atoms with Crippen molar-refractivity contribution in [3.63, 3.8) is 0 Å². The molecule has 2 aliphatic heterocycles. The van der Waals surface area contributed by atoms with Crippen molar-refractivity contribution in [2.24, 2.45) is 0 Å². The van der Waals surface area contributed by atoms with Gasteiger partial charge in [-0.25, -0.2) is 0 Å². The van der Waals surface area contributed by atoms with Gasteiger partial charge in [-0.2, -0.15) is 0 Å². The van der Waals surface area contributed by atoms with Crippen molar-refractivity contribution >= 4 is 47.5 Å². The van der Waals surface area contributed by atoms with E-state index in [9.17, 15) is 9.59 Å². The summed E-state index contributed by atoms with van der Waals surface area (Å²) in [6, 6.07) is 36.4. The van der Waals surface area contributed by atoms with E-state index in [1.165, 1.54) is 0 Å². The molecule has 0 spiro atoms. The summed E-state index contributed by atoms with van der Waals surface area (Å²) in [6.07, 6.45) is 8.28. The van der Waals surface area contributed by atoms with Gasteiger partial charge in [0.05, 0.1) is 22.5 Å². The van der Waals surface area contributed by atoms with Crippen LogP contribution in [-0.4, -0.2) is 34.7 Å². The molecule has 0 atom stereocenters. The van der Waals surface area contributed by atoms with Crippen LogP contribution in [0.1, 0.15) is 47.2 Å². The number of amides is 2. The first-order valence-electron chi connectivity index (χ1n) is 14.4. The number of benzene rings is 4. The Hall–Kier alpha value is -5.22. The highest BCUT2D eigenvalue weighted by Gasteiger charge is 2.47. The van der Waals surface area contributed by atoms with Crippen LogP contribution in [0, 0.1) is 0 Å². The molecule has 0 aliphatic carbocycles. The Morgan fingerprint density at radius 2 is 0.762 bits per heavy atom. The fraction of sp³-hybridized carbons (Fsp3) is 0.105. The molecule has 2 amide bonds. The number of carbonyl (C=O) groups is 2. The quantitative estimate of drug-likeness (QED) is 0.210. The maximum atomic E-state index is 13.9. The lowest BCUT2D eigenvalue weighted by molar-refractivity contribution is -0.124. The van der Waals surface area contributed by atoms with Crippen LogP contribution < -0.4 is 0 Å². The number of hydrogen-bond donors (Lipinski definition) is 0. The maximum absolute atomic E-state index is 13.9. The minimum atomic E-state index is -0.122. The van der Waals surface area contributed by atoms with Gasteiger partial charge in [-0.15, -0.1) is 0 Å². The van der Waals surface area contributed by atoms with E-state index in [-0.39, 0.29) is 11.8 Å². The largest absolute Gasteiger partial charge is 0.307 e. The van der Waals surface area contributed by atoms with Gasteiger partial charge in [-0.05, 0) is 47.2 Å². The Kier molecular flexibility index (Phi) is 7.52. The molecule has 6 rings (SSSR count). The Bertz CT molecular complexity index is 1610. The minimum Gasteiger partial charge on any atom is -0.307 e. The Labute approximate surface area is 247 Å². The van der Waals surface area contributed by atoms with Crippen molar-refractivity contribution in [2.75, 3.05) is 13.1 Å². The van der Waals surface area contributed by atoms with E-state index in [2.05, 4.69) is 48.6 Å². The van der Waals surface area contributed by atoms with Gasteiger partial charge < -0.3 is 9.80 Å². The topological polar surface area (TPSA) is 40.6 Å². The number of likely N-dealkylation sites (N-methyl/N-ethyl adjacent to an activating group) is 2. The van der Waals surface area contributed by atoms with Gasteiger partial charge >= 0.3 is 0 Å². The van der Waals surface area contributed by atoms with Crippen LogP contribution in [0.3, 0.4) is 0 Å². The van der Waals surface area contributed by atoms with E-state index in [0.717, 1.165) is 33.4 Å². The molecular weight excluding hydrogens is 516 g/mol. The van der Waals surface area contributed by atoms with Crippen LogP contribution in [0.2, 0.25) is 0 Å². The van der Waals surface area contributed by atoms with Crippen molar-refractivity contribution in [3.8, 4) is 0 Å². The molecule has 2 aliphatic rings. The smallest absolute Gasteiger partial charge is 0.261 e. The zero-order chi connectivity index (χ0) is 29.1. The van der Waals surface area contributed by atoms with Crippen LogP contribution in [0.15, 0.2) is 120 Å². The van der Waals surface area contributed by atoms with Crippen molar-refractivity contribution in [2.45, 2.75) is 13.8 Å². The van der Waals surface area contributed by atoms with Crippen molar-refractivity contribution < 1.29 is 9.59 Å². The molecule has 0 saturated heterocycles. The molecule has 0 fully saturated rings. The lowest BCUT2D eigenvalue weighted by atomic mass is 10.0. The van der Waals surface area contributed by atoms with E-state index >= 15 is 0 Å². The van der Waals surface area contributed by atoms with Crippen molar-refractivity contribution in [1.82, 2.24) is 9.80 Å². The first-order chi connectivity index (χ1) is 20.6. The Morgan fingerprint density at radius 1 is 0.452 bits per heavy atom. The van der Waals surface area contributed by atoms with Crippen LogP contribution in [0.5, 0.6) is 0 Å². The molecule has 0 saturated carbocycles. The first kappa shape index (κ1) is 27.0. The summed E-state index contributed by atoms with van der Waals surface area (Å²) in [5.74, 6) is -0.245. The highest BCUT2D eigenvalue weighted by Crippen LogP contribution is 2.46. The molecule has 4 nitrogen and oxygen atoms in total. The molecule has 4 aromatic rings. The summed E-state index contributed by atoms with van der Waals surface area (Å²) in [7, 11) is 0. The van der Waals surface area contributed by atoms with Crippen LogP contribution in [0.25, 0.3) is 35.7 Å². The third-order valence-corrected chi connectivity index (χ3v) is 7.72. The number of fused-ring (bicyclic) bond motifs is 1. The van der Waals surface area contributed by atoms with Gasteiger partial charge in [-0.3, -0.25) is 9.59 Å². The molecule has 4 heteroatoms. The second-order valence-corrected chi connectivity index (χ2v) is 10.3. The Balaban J connectivity index is 1.36. The molecule has 0 aromatic heterocycles. The summed E-state index contributed by atoms with van der Waals surface area (Å²) >= 11 is 0. The van der Waals surface area contributed by atoms with Gasteiger partial charge in [0.2, 0.25) is 0 Å². The second kappa shape index (κ2) is 11.7. The summed E-state index contributed by atoms with van der Waals surface area (Å²) < 4.78 is 0. The number of hydrogen-bond acceptors (Lipinski definition) is 2. The lowest BCUT2D eigenvalue weighted by Crippen LogP contribution is -2.29. The third-order valence-electron chi connectivity index (χ3n) is 7.72. The average molecular weight is 549 g/mol. The molecule has 206 valence electrons. The third kappa shape index (κ3) is 5.04. The summed E-state index contributed by atoms with van der Waals surface area (Å²) in [5.41, 5.74) is 8.45. The number of nitrogens with zero attached hydrogens (tertiary/aromatic N) is 2. The first-order valence-corrected chi connectivity index (χ1v) is 14.4.